The first-order valence-electron chi connectivity index (χ1n) is 4.26. The molecule has 0 unspecified atom stereocenters. The second kappa shape index (κ2) is 4.04. The molecule has 1 aromatic rings. The van der Waals surface area contributed by atoms with Crippen LogP contribution >= 0.6 is 0 Å². The lowest BCUT2D eigenvalue weighted by Crippen LogP contribution is -2.00. The van der Waals surface area contributed by atoms with Crippen molar-refractivity contribution in [2.24, 2.45) is 5.92 Å². The Labute approximate surface area is 73.0 Å². The van der Waals surface area contributed by atoms with Crippen molar-refractivity contribution in [3.63, 3.8) is 0 Å². The average Bonchev–Trinajstić information content (AvgIpc) is 2.01. The van der Waals surface area contributed by atoms with Crippen molar-refractivity contribution in [3.8, 4) is 0 Å². The molecule has 0 aliphatic carbocycles. The average molecular weight is 165 g/mol. The van der Waals surface area contributed by atoms with E-state index >= 15 is 0 Å². The molecule has 0 saturated heterocycles. The van der Waals surface area contributed by atoms with E-state index in [0.29, 0.717) is 11.7 Å². The molecule has 3 nitrogen and oxygen atoms in total. The van der Waals surface area contributed by atoms with Crippen LogP contribution in [0.4, 0.5) is 5.82 Å². The van der Waals surface area contributed by atoms with Crippen LogP contribution in [0.2, 0.25) is 0 Å². The molecule has 0 saturated carbocycles. The van der Waals surface area contributed by atoms with E-state index in [1.165, 1.54) is 0 Å². The van der Waals surface area contributed by atoms with Crippen LogP contribution in [0.15, 0.2) is 12.3 Å². The van der Waals surface area contributed by atoms with Gasteiger partial charge in [-0.25, -0.2) is 9.97 Å². The number of nitrogens with two attached hydrogens (primary N) is 1. The van der Waals surface area contributed by atoms with Crippen molar-refractivity contribution in [2.75, 3.05) is 5.73 Å². The number of aromatic nitrogens is 2. The fraction of sp³-hybridized carbons (Fsp3) is 0.556. The van der Waals surface area contributed by atoms with Gasteiger partial charge in [-0.05, 0) is 18.4 Å². The maximum absolute atomic E-state index is 5.51. The summed E-state index contributed by atoms with van der Waals surface area (Å²) in [5, 5.41) is 0. The number of rotatable bonds is 3. The lowest BCUT2D eigenvalue weighted by atomic mass is 10.1. The zero-order valence-electron chi connectivity index (χ0n) is 7.62. The van der Waals surface area contributed by atoms with Gasteiger partial charge in [0, 0.05) is 12.6 Å². The highest BCUT2D eigenvalue weighted by Gasteiger charge is 1.99. The van der Waals surface area contributed by atoms with Crippen LogP contribution in [0.1, 0.15) is 26.1 Å². The highest BCUT2D eigenvalue weighted by molar-refractivity contribution is 5.24. The van der Waals surface area contributed by atoms with Gasteiger partial charge in [-0.15, -0.1) is 0 Å². The lowest BCUT2D eigenvalue weighted by Gasteiger charge is -2.02. The Kier molecular flexibility index (Phi) is 3.02. The Morgan fingerprint density at radius 2 is 2.25 bits per heavy atom. The SMILES string of the molecule is CC(C)CCc1nccc(N)n1. The first kappa shape index (κ1) is 8.97. The largest absolute Gasteiger partial charge is 0.384 e. The van der Waals surface area contributed by atoms with E-state index in [1.54, 1.807) is 12.3 Å². The quantitative estimate of drug-likeness (QED) is 0.740. The highest BCUT2D eigenvalue weighted by atomic mass is 14.9. The van der Waals surface area contributed by atoms with Gasteiger partial charge >= 0.3 is 0 Å². The Balaban J connectivity index is 2.52. The molecule has 1 aromatic heterocycles. The molecule has 0 aliphatic rings. The van der Waals surface area contributed by atoms with E-state index in [0.717, 1.165) is 18.7 Å². The molecule has 0 amide bonds. The fourth-order valence-electron chi connectivity index (χ4n) is 0.953. The summed E-state index contributed by atoms with van der Waals surface area (Å²) in [6.45, 7) is 4.37. The van der Waals surface area contributed by atoms with Crippen molar-refractivity contribution in [1.82, 2.24) is 9.97 Å². The summed E-state index contributed by atoms with van der Waals surface area (Å²) in [5.74, 6) is 2.10. The topological polar surface area (TPSA) is 51.8 Å². The van der Waals surface area contributed by atoms with Crippen LogP contribution in [-0.2, 0) is 6.42 Å². The van der Waals surface area contributed by atoms with Crippen LogP contribution < -0.4 is 5.73 Å². The van der Waals surface area contributed by atoms with Gasteiger partial charge in [-0.2, -0.15) is 0 Å². The van der Waals surface area contributed by atoms with Crippen LogP contribution in [0, 0.1) is 5.92 Å². The molecule has 0 aromatic carbocycles. The van der Waals surface area contributed by atoms with Crippen molar-refractivity contribution >= 4 is 5.82 Å². The summed E-state index contributed by atoms with van der Waals surface area (Å²) in [4.78, 5) is 8.23. The van der Waals surface area contributed by atoms with E-state index in [9.17, 15) is 0 Å². The Bertz CT molecular complexity index is 245. The van der Waals surface area contributed by atoms with Crippen LogP contribution in [0.5, 0.6) is 0 Å². The molecule has 12 heavy (non-hydrogen) atoms. The molecule has 66 valence electrons. The van der Waals surface area contributed by atoms with Gasteiger partial charge in [-0.3, -0.25) is 0 Å². The number of anilines is 1. The molecule has 0 bridgehead atoms. The molecular formula is C9H15N3. The van der Waals surface area contributed by atoms with Crippen molar-refractivity contribution in [3.05, 3.63) is 18.1 Å². The van der Waals surface area contributed by atoms with Gasteiger partial charge in [-0.1, -0.05) is 13.8 Å². The Morgan fingerprint density at radius 3 is 2.83 bits per heavy atom. The van der Waals surface area contributed by atoms with Crippen molar-refractivity contribution in [2.45, 2.75) is 26.7 Å². The first-order chi connectivity index (χ1) is 5.68. The van der Waals surface area contributed by atoms with Gasteiger partial charge in [0.15, 0.2) is 0 Å². The van der Waals surface area contributed by atoms with Crippen LogP contribution in [0.3, 0.4) is 0 Å². The normalized spacial score (nSPS) is 10.6. The minimum atomic E-state index is 0.559. The maximum atomic E-state index is 5.51. The molecule has 0 atom stereocenters. The highest BCUT2D eigenvalue weighted by Crippen LogP contribution is 2.05. The van der Waals surface area contributed by atoms with Crippen molar-refractivity contribution < 1.29 is 0 Å². The lowest BCUT2D eigenvalue weighted by molar-refractivity contribution is 0.575. The predicted molar refractivity (Wildman–Crippen MR) is 49.6 cm³/mol. The molecule has 3 heteroatoms. The predicted octanol–water partition coefficient (Wildman–Crippen LogP) is 1.65. The first-order valence-corrected chi connectivity index (χ1v) is 4.26. The standard InChI is InChI=1S/C9H15N3/c1-7(2)3-4-9-11-6-5-8(10)12-9/h5-7H,3-4H2,1-2H3,(H2,10,11,12). The number of aryl methyl sites for hydroxylation is 1. The summed E-state index contributed by atoms with van der Waals surface area (Å²) in [5.41, 5.74) is 5.51. The molecule has 0 aliphatic heterocycles. The number of hydrogen-bond donors (Lipinski definition) is 1. The molecule has 0 radical (unpaired) electrons. The second-order valence-electron chi connectivity index (χ2n) is 3.33. The van der Waals surface area contributed by atoms with E-state index in [4.69, 9.17) is 5.73 Å². The monoisotopic (exact) mass is 165 g/mol. The summed E-state index contributed by atoms with van der Waals surface area (Å²) in [7, 11) is 0. The van der Waals surface area contributed by atoms with Crippen molar-refractivity contribution in [1.29, 1.82) is 0 Å². The Hall–Kier alpha value is -1.12. The molecule has 0 spiro atoms. The van der Waals surface area contributed by atoms with E-state index in [-0.39, 0.29) is 0 Å². The summed E-state index contributed by atoms with van der Waals surface area (Å²) in [6.07, 6.45) is 3.74. The van der Waals surface area contributed by atoms with Crippen LogP contribution in [0.25, 0.3) is 0 Å². The van der Waals surface area contributed by atoms with Gasteiger partial charge in [0.25, 0.3) is 0 Å². The van der Waals surface area contributed by atoms with E-state index < -0.39 is 0 Å². The maximum Gasteiger partial charge on any atom is 0.130 e. The van der Waals surface area contributed by atoms with Gasteiger partial charge in [0.05, 0.1) is 0 Å². The summed E-state index contributed by atoms with van der Waals surface area (Å²) < 4.78 is 0. The zero-order valence-corrected chi connectivity index (χ0v) is 7.62. The number of nitrogen functional groups attached to an aromatic ring is 1. The third-order valence-electron chi connectivity index (χ3n) is 1.67. The molecule has 1 rings (SSSR count). The molecule has 0 fully saturated rings. The van der Waals surface area contributed by atoms with E-state index in [1.807, 2.05) is 0 Å². The molecule has 1 heterocycles. The fourth-order valence-corrected chi connectivity index (χ4v) is 0.953. The Morgan fingerprint density at radius 1 is 1.50 bits per heavy atom. The second-order valence-corrected chi connectivity index (χ2v) is 3.33. The third kappa shape index (κ3) is 2.86. The summed E-state index contributed by atoms with van der Waals surface area (Å²) in [6, 6.07) is 1.71. The van der Waals surface area contributed by atoms with Gasteiger partial charge < -0.3 is 5.73 Å². The molecule has 2 N–H and O–H groups in total. The zero-order chi connectivity index (χ0) is 8.97. The van der Waals surface area contributed by atoms with Crippen LogP contribution in [-0.4, -0.2) is 9.97 Å². The summed E-state index contributed by atoms with van der Waals surface area (Å²) >= 11 is 0. The van der Waals surface area contributed by atoms with E-state index in [2.05, 4.69) is 23.8 Å². The smallest absolute Gasteiger partial charge is 0.130 e. The minimum absolute atomic E-state index is 0.559. The van der Waals surface area contributed by atoms with Gasteiger partial charge in [0.1, 0.15) is 11.6 Å². The number of hydrogen-bond acceptors (Lipinski definition) is 3. The van der Waals surface area contributed by atoms with Gasteiger partial charge in [0.2, 0.25) is 0 Å². The third-order valence-corrected chi connectivity index (χ3v) is 1.67. The number of nitrogens with zero attached hydrogens (tertiary/aromatic N) is 2. The minimum Gasteiger partial charge on any atom is -0.384 e. The molecular weight excluding hydrogens is 150 g/mol.